The number of hydrogen-bond donors (Lipinski definition) is 1. The highest BCUT2D eigenvalue weighted by molar-refractivity contribution is 7.11. The molecule has 0 amide bonds. The van der Waals surface area contributed by atoms with Crippen molar-refractivity contribution < 1.29 is 0 Å². The van der Waals surface area contributed by atoms with Gasteiger partial charge in [0.1, 0.15) is 5.01 Å². The molecular formula is C14H19N3S. The van der Waals surface area contributed by atoms with Gasteiger partial charge in [0, 0.05) is 23.3 Å². The highest BCUT2D eigenvalue weighted by Gasteiger charge is 2.14. The number of aryl methyl sites for hydroxylation is 1. The minimum absolute atomic E-state index is 0.232. The van der Waals surface area contributed by atoms with E-state index < -0.39 is 0 Å². The van der Waals surface area contributed by atoms with Crippen molar-refractivity contribution in [2.45, 2.75) is 39.3 Å². The fourth-order valence-electron chi connectivity index (χ4n) is 1.85. The summed E-state index contributed by atoms with van der Waals surface area (Å²) in [6.07, 6.45) is 4.86. The summed E-state index contributed by atoms with van der Waals surface area (Å²) in [6.45, 7) is 6.44. The zero-order valence-corrected chi connectivity index (χ0v) is 11.9. The predicted octanol–water partition coefficient (Wildman–Crippen LogP) is 3.51. The van der Waals surface area contributed by atoms with Gasteiger partial charge in [0.15, 0.2) is 0 Å². The van der Waals surface area contributed by atoms with Crippen LogP contribution >= 0.6 is 11.3 Å². The molecule has 0 fully saturated rings. The molecule has 2 rings (SSSR count). The molecule has 2 atom stereocenters. The van der Waals surface area contributed by atoms with Gasteiger partial charge in [-0.15, -0.1) is 11.3 Å². The first-order chi connectivity index (χ1) is 8.70. The van der Waals surface area contributed by atoms with Gasteiger partial charge in [-0.3, -0.25) is 4.98 Å². The van der Waals surface area contributed by atoms with Gasteiger partial charge in [0.2, 0.25) is 0 Å². The number of nitrogens with one attached hydrogen (secondary N) is 1. The van der Waals surface area contributed by atoms with Gasteiger partial charge in [0.25, 0.3) is 0 Å². The molecule has 2 aromatic heterocycles. The normalized spacial score (nSPS) is 14.4. The summed E-state index contributed by atoms with van der Waals surface area (Å²) >= 11 is 1.78. The fourth-order valence-corrected chi connectivity index (χ4v) is 2.72. The molecule has 4 heteroatoms. The quantitative estimate of drug-likeness (QED) is 0.895. The van der Waals surface area contributed by atoms with Crippen LogP contribution in [0.1, 0.15) is 48.4 Å². The van der Waals surface area contributed by atoms with Crippen LogP contribution in [0.4, 0.5) is 0 Å². The summed E-state index contributed by atoms with van der Waals surface area (Å²) in [6, 6.07) is 6.49. The van der Waals surface area contributed by atoms with E-state index in [0.717, 1.165) is 17.1 Å². The number of rotatable bonds is 5. The van der Waals surface area contributed by atoms with Crippen molar-refractivity contribution in [1.29, 1.82) is 0 Å². The Morgan fingerprint density at radius 3 is 2.67 bits per heavy atom. The van der Waals surface area contributed by atoms with Crippen molar-refractivity contribution in [2.24, 2.45) is 0 Å². The van der Waals surface area contributed by atoms with Crippen molar-refractivity contribution in [3.8, 4) is 0 Å². The van der Waals surface area contributed by atoms with Gasteiger partial charge >= 0.3 is 0 Å². The first-order valence-corrected chi connectivity index (χ1v) is 7.14. The summed E-state index contributed by atoms with van der Waals surface area (Å²) in [4.78, 5) is 10.2. The summed E-state index contributed by atoms with van der Waals surface area (Å²) < 4.78 is 0. The lowest BCUT2D eigenvalue weighted by Crippen LogP contribution is -2.23. The second-order valence-corrected chi connectivity index (χ2v) is 5.53. The lowest BCUT2D eigenvalue weighted by atomic mass is 10.2. The molecule has 0 radical (unpaired) electrons. The largest absolute Gasteiger partial charge is 0.300 e. The van der Waals surface area contributed by atoms with Gasteiger partial charge in [-0.25, -0.2) is 4.98 Å². The number of nitrogens with zero attached hydrogens (tertiary/aromatic N) is 2. The molecule has 2 unspecified atom stereocenters. The van der Waals surface area contributed by atoms with Crippen molar-refractivity contribution in [3.63, 3.8) is 0 Å². The van der Waals surface area contributed by atoms with E-state index >= 15 is 0 Å². The number of aromatic nitrogens is 2. The smallest absolute Gasteiger partial charge is 0.109 e. The zero-order valence-electron chi connectivity index (χ0n) is 11.1. The van der Waals surface area contributed by atoms with Gasteiger partial charge in [-0.2, -0.15) is 0 Å². The Morgan fingerprint density at radius 2 is 2.06 bits per heavy atom. The maximum absolute atomic E-state index is 4.47. The Kier molecular flexibility index (Phi) is 4.44. The molecule has 0 saturated carbocycles. The monoisotopic (exact) mass is 261 g/mol. The second-order valence-electron chi connectivity index (χ2n) is 4.38. The summed E-state index contributed by atoms with van der Waals surface area (Å²) in [5.74, 6) is 0. The maximum atomic E-state index is 4.47. The van der Waals surface area contributed by atoms with Crippen LogP contribution in [0.2, 0.25) is 0 Å². The molecule has 0 spiro atoms. The summed E-state index contributed by atoms with van der Waals surface area (Å²) in [5, 5.41) is 4.68. The highest BCUT2D eigenvalue weighted by atomic mass is 32.1. The van der Waals surface area contributed by atoms with Crippen LogP contribution in [-0.4, -0.2) is 9.97 Å². The van der Waals surface area contributed by atoms with Gasteiger partial charge in [0.05, 0.1) is 11.7 Å². The van der Waals surface area contributed by atoms with Crippen LogP contribution in [0, 0.1) is 0 Å². The average molecular weight is 261 g/mol. The molecule has 0 aliphatic heterocycles. The van der Waals surface area contributed by atoms with Gasteiger partial charge < -0.3 is 5.32 Å². The van der Waals surface area contributed by atoms with Crippen LogP contribution in [0.5, 0.6) is 0 Å². The Hall–Kier alpha value is -1.26. The van der Waals surface area contributed by atoms with Crippen LogP contribution in [-0.2, 0) is 6.42 Å². The molecule has 18 heavy (non-hydrogen) atoms. The average Bonchev–Trinajstić information content (AvgIpc) is 2.88. The molecule has 3 nitrogen and oxygen atoms in total. The van der Waals surface area contributed by atoms with Crippen molar-refractivity contribution in [3.05, 3.63) is 46.2 Å². The Bertz CT molecular complexity index is 481. The fraction of sp³-hybridized carbons (Fsp3) is 0.429. The molecule has 0 aliphatic rings. The van der Waals surface area contributed by atoms with E-state index in [1.807, 2.05) is 30.6 Å². The van der Waals surface area contributed by atoms with Crippen molar-refractivity contribution in [2.75, 3.05) is 0 Å². The predicted molar refractivity (Wildman–Crippen MR) is 75.7 cm³/mol. The molecule has 0 aliphatic carbocycles. The third kappa shape index (κ3) is 3.15. The third-order valence-electron chi connectivity index (χ3n) is 2.92. The lowest BCUT2D eigenvalue weighted by Gasteiger charge is -2.17. The van der Waals surface area contributed by atoms with E-state index in [-0.39, 0.29) is 12.1 Å². The van der Waals surface area contributed by atoms with Crippen LogP contribution in [0.3, 0.4) is 0 Å². The highest BCUT2D eigenvalue weighted by Crippen LogP contribution is 2.22. The molecule has 0 saturated heterocycles. The zero-order chi connectivity index (χ0) is 13.0. The molecular weight excluding hydrogens is 242 g/mol. The van der Waals surface area contributed by atoms with Crippen LogP contribution < -0.4 is 5.32 Å². The number of pyridine rings is 1. The lowest BCUT2D eigenvalue weighted by molar-refractivity contribution is 0.485. The summed E-state index contributed by atoms with van der Waals surface area (Å²) in [7, 11) is 0. The standard InChI is InChI=1S/C14H19N3S/c1-4-12-9-16-14(18-12)11(3)17-10(2)13-7-5-6-8-15-13/h5-11,17H,4H2,1-3H3. The number of hydrogen-bond acceptors (Lipinski definition) is 4. The molecule has 0 aromatic carbocycles. The minimum atomic E-state index is 0.232. The van der Waals surface area contributed by atoms with E-state index in [0.29, 0.717) is 0 Å². The topological polar surface area (TPSA) is 37.8 Å². The van der Waals surface area contributed by atoms with Crippen LogP contribution in [0.15, 0.2) is 30.6 Å². The summed E-state index contributed by atoms with van der Waals surface area (Å²) in [5.41, 5.74) is 1.07. The first-order valence-electron chi connectivity index (χ1n) is 6.32. The third-order valence-corrected chi connectivity index (χ3v) is 4.25. The van der Waals surface area contributed by atoms with E-state index in [1.54, 1.807) is 11.3 Å². The van der Waals surface area contributed by atoms with Gasteiger partial charge in [-0.1, -0.05) is 13.0 Å². The molecule has 2 heterocycles. The molecule has 2 aromatic rings. The number of thiazole rings is 1. The maximum Gasteiger partial charge on any atom is 0.109 e. The van der Waals surface area contributed by atoms with Crippen molar-refractivity contribution >= 4 is 11.3 Å². The Morgan fingerprint density at radius 1 is 1.22 bits per heavy atom. The Labute approximate surface area is 112 Å². The van der Waals surface area contributed by atoms with E-state index in [9.17, 15) is 0 Å². The van der Waals surface area contributed by atoms with Crippen LogP contribution in [0.25, 0.3) is 0 Å². The Balaban J connectivity index is 2.01. The molecule has 96 valence electrons. The minimum Gasteiger partial charge on any atom is -0.300 e. The first kappa shape index (κ1) is 13.2. The SMILES string of the molecule is CCc1cnc(C(C)NC(C)c2ccccn2)s1. The molecule has 0 bridgehead atoms. The van der Waals surface area contributed by atoms with Crippen molar-refractivity contribution in [1.82, 2.24) is 15.3 Å². The molecule has 1 N–H and O–H groups in total. The van der Waals surface area contributed by atoms with E-state index in [1.165, 1.54) is 4.88 Å². The van der Waals surface area contributed by atoms with E-state index in [4.69, 9.17) is 0 Å². The van der Waals surface area contributed by atoms with E-state index in [2.05, 4.69) is 36.1 Å². The van der Waals surface area contributed by atoms with Gasteiger partial charge in [-0.05, 0) is 32.4 Å². The second kappa shape index (κ2) is 6.07.